The quantitative estimate of drug-likeness (QED) is 0.804. The number of likely N-dealkylation sites (tertiary alicyclic amines) is 1. The maximum absolute atomic E-state index is 9.67. The maximum atomic E-state index is 9.67. The van der Waals surface area contributed by atoms with Crippen molar-refractivity contribution in [3.8, 4) is 11.5 Å². The molecule has 1 fully saturated rings. The molecular weight excluding hydrogens is 252 g/mol. The summed E-state index contributed by atoms with van der Waals surface area (Å²) in [6.45, 7) is 9.02. The molecular formula is C16H26N2O2. The van der Waals surface area contributed by atoms with Crippen LogP contribution in [0.15, 0.2) is 18.2 Å². The first-order chi connectivity index (χ1) is 9.70. The monoisotopic (exact) mass is 278 g/mol. The first-order valence-electron chi connectivity index (χ1n) is 7.60. The van der Waals surface area contributed by atoms with Crippen LogP contribution in [0.25, 0.3) is 0 Å². The van der Waals surface area contributed by atoms with Crippen LogP contribution in [0.1, 0.15) is 32.3 Å². The minimum atomic E-state index is 0.209. The van der Waals surface area contributed by atoms with Crippen molar-refractivity contribution in [2.75, 3.05) is 26.2 Å². The molecule has 20 heavy (non-hydrogen) atoms. The summed E-state index contributed by atoms with van der Waals surface area (Å²) >= 11 is 0. The van der Waals surface area contributed by atoms with Gasteiger partial charge in [0.2, 0.25) is 0 Å². The van der Waals surface area contributed by atoms with Gasteiger partial charge < -0.3 is 15.2 Å². The minimum absolute atomic E-state index is 0.209. The number of nitrogens with one attached hydrogen (secondary N) is 1. The molecule has 4 nitrogen and oxygen atoms in total. The highest BCUT2D eigenvalue weighted by Crippen LogP contribution is 2.26. The lowest BCUT2D eigenvalue weighted by Crippen LogP contribution is -2.38. The molecule has 1 aromatic carbocycles. The van der Waals surface area contributed by atoms with Crippen LogP contribution in [0.3, 0.4) is 0 Å². The molecule has 0 radical (unpaired) electrons. The summed E-state index contributed by atoms with van der Waals surface area (Å²) < 4.78 is 5.40. The molecule has 0 bridgehead atoms. The van der Waals surface area contributed by atoms with E-state index in [0.717, 1.165) is 18.7 Å². The molecule has 2 N–H and O–H groups in total. The highest BCUT2D eigenvalue weighted by Gasteiger charge is 2.17. The first-order valence-corrected chi connectivity index (χ1v) is 7.60. The van der Waals surface area contributed by atoms with Crippen LogP contribution in [0, 0.1) is 0 Å². The van der Waals surface area contributed by atoms with E-state index in [9.17, 15) is 5.11 Å². The van der Waals surface area contributed by atoms with E-state index in [1.807, 2.05) is 19.1 Å². The van der Waals surface area contributed by atoms with E-state index >= 15 is 0 Å². The Balaban J connectivity index is 1.79. The fraction of sp³-hybridized carbons (Fsp3) is 0.625. The second kappa shape index (κ2) is 7.50. The Bertz CT molecular complexity index is 417. The van der Waals surface area contributed by atoms with Crippen LogP contribution in [0.4, 0.5) is 0 Å². The van der Waals surface area contributed by atoms with Crippen molar-refractivity contribution in [3.05, 3.63) is 23.8 Å². The third kappa shape index (κ3) is 4.12. The molecule has 1 heterocycles. The van der Waals surface area contributed by atoms with Crippen LogP contribution < -0.4 is 10.1 Å². The molecule has 2 rings (SSSR count). The van der Waals surface area contributed by atoms with Gasteiger partial charge >= 0.3 is 0 Å². The molecule has 1 aliphatic heterocycles. The van der Waals surface area contributed by atoms with E-state index in [4.69, 9.17) is 4.74 Å². The van der Waals surface area contributed by atoms with Crippen LogP contribution in [-0.4, -0.2) is 42.3 Å². The summed E-state index contributed by atoms with van der Waals surface area (Å²) in [7, 11) is 0. The third-order valence-corrected chi connectivity index (χ3v) is 3.86. The molecule has 1 unspecified atom stereocenters. The zero-order chi connectivity index (χ0) is 14.4. The van der Waals surface area contributed by atoms with Gasteiger partial charge in [0.1, 0.15) is 0 Å². The van der Waals surface area contributed by atoms with Crippen molar-refractivity contribution in [1.29, 1.82) is 0 Å². The summed E-state index contributed by atoms with van der Waals surface area (Å²) in [6, 6.07) is 6.13. The molecule has 1 aliphatic rings. The van der Waals surface area contributed by atoms with Crippen LogP contribution >= 0.6 is 0 Å². The Morgan fingerprint density at radius 1 is 1.35 bits per heavy atom. The fourth-order valence-corrected chi connectivity index (χ4v) is 2.68. The summed E-state index contributed by atoms with van der Waals surface area (Å²) in [5.41, 5.74) is 1.14. The van der Waals surface area contributed by atoms with Gasteiger partial charge in [-0.05, 0) is 57.5 Å². The van der Waals surface area contributed by atoms with Crippen molar-refractivity contribution in [1.82, 2.24) is 10.2 Å². The Morgan fingerprint density at radius 3 is 2.80 bits per heavy atom. The number of phenols is 1. The molecule has 1 aromatic rings. The first kappa shape index (κ1) is 15.1. The van der Waals surface area contributed by atoms with E-state index < -0.39 is 0 Å². The normalized spacial score (nSPS) is 17.3. The van der Waals surface area contributed by atoms with Crippen LogP contribution in [0.2, 0.25) is 0 Å². The molecule has 0 spiro atoms. The summed E-state index contributed by atoms with van der Waals surface area (Å²) in [5.74, 6) is 0.778. The lowest BCUT2D eigenvalue weighted by molar-refractivity contribution is 0.251. The van der Waals surface area contributed by atoms with Gasteiger partial charge in [-0.2, -0.15) is 0 Å². The molecule has 0 aromatic heterocycles. The van der Waals surface area contributed by atoms with E-state index in [0.29, 0.717) is 18.4 Å². The highest BCUT2D eigenvalue weighted by atomic mass is 16.5. The fourth-order valence-electron chi connectivity index (χ4n) is 2.68. The smallest absolute Gasteiger partial charge is 0.161 e. The predicted molar refractivity (Wildman–Crippen MR) is 81.3 cm³/mol. The summed E-state index contributed by atoms with van der Waals surface area (Å²) in [5, 5.41) is 13.2. The zero-order valence-corrected chi connectivity index (χ0v) is 12.6. The SMILES string of the molecule is CCOc1cc(CNCC(C)N2CCCC2)ccc1O. The number of phenolic OH excluding ortho intramolecular Hbond substituents is 1. The topological polar surface area (TPSA) is 44.7 Å². The van der Waals surface area contributed by atoms with Gasteiger partial charge in [0.05, 0.1) is 6.61 Å². The second-order valence-corrected chi connectivity index (χ2v) is 5.46. The van der Waals surface area contributed by atoms with Crippen LogP contribution in [0.5, 0.6) is 11.5 Å². The standard InChI is InChI=1S/C16H26N2O2/c1-3-20-16-10-14(6-7-15(16)19)12-17-11-13(2)18-8-4-5-9-18/h6-7,10,13,17,19H,3-5,8-9,11-12H2,1-2H3. The van der Waals surface area contributed by atoms with Crippen LogP contribution in [-0.2, 0) is 6.54 Å². The van der Waals surface area contributed by atoms with Crippen molar-refractivity contribution in [2.24, 2.45) is 0 Å². The van der Waals surface area contributed by atoms with Gasteiger partial charge in [-0.1, -0.05) is 6.07 Å². The summed E-state index contributed by atoms with van der Waals surface area (Å²) in [4.78, 5) is 2.54. The van der Waals surface area contributed by atoms with Crippen molar-refractivity contribution >= 4 is 0 Å². The van der Waals surface area contributed by atoms with Crippen molar-refractivity contribution in [3.63, 3.8) is 0 Å². The van der Waals surface area contributed by atoms with Gasteiger partial charge in [0, 0.05) is 19.1 Å². The minimum Gasteiger partial charge on any atom is -0.504 e. The predicted octanol–water partition coefficient (Wildman–Crippen LogP) is 2.36. The Labute approximate surface area is 121 Å². The second-order valence-electron chi connectivity index (χ2n) is 5.46. The molecule has 1 saturated heterocycles. The van der Waals surface area contributed by atoms with Gasteiger partial charge in [-0.25, -0.2) is 0 Å². The average molecular weight is 278 g/mol. The van der Waals surface area contributed by atoms with Gasteiger partial charge in [0.25, 0.3) is 0 Å². The van der Waals surface area contributed by atoms with E-state index in [1.54, 1.807) is 6.07 Å². The number of hydrogen-bond acceptors (Lipinski definition) is 4. The molecule has 4 heteroatoms. The number of nitrogens with zero attached hydrogens (tertiary/aromatic N) is 1. The molecule has 1 atom stereocenters. The van der Waals surface area contributed by atoms with Gasteiger partial charge in [0.15, 0.2) is 11.5 Å². The molecule has 112 valence electrons. The number of rotatable bonds is 7. The van der Waals surface area contributed by atoms with E-state index in [2.05, 4.69) is 17.1 Å². The number of aromatic hydroxyl groups is 1. The van der Waals surface area contributed by atoms with Gasteiger partial charge in [-0.15, -0.1) is 0 Å². The van der Waals surface area contributed by atoms with E-state index in [1.165, 1.54) is 25.9 Å². The lowest BCUT2D eigenvalue weighted by atomic mass is 10.2. The maximum Gasteiger partial charge on any atom is 0.161 e. The number of benzene rings is 1. The largest absolute Gasteiger partial charge is 0.504 e. The Hall–Kier alpha value is -1.26. The third-order valence-electron chi connectivity index (χ3n) is 3.86. The number of hydrogen-bond donors (Lipinski definition) is 2. The van der Waals surface area contributed by atoms with E-state index in [-0.39, 0.29) is 5.75 Å². The van der Waals surface area contributed by atoms with Crippen molar-refractivity contribution < 1.29 is 9.84 Å². The highest BCUT2D eigenvalue weighted by molar-refractivity contribution is 5.41. The number of ether oxygens (including phenoxy) is 1. The van der Waals surface area contributed by atoms with Gasteiger partial charge in [-0.3, -0.25) is 4.90 Å². The van der Waals surface area contributed by atoms with Crippen molar-refractivity contribution in [2.45, 2.75) is 39.3 Å². The Kier molecular flexibility index (Phi) is 5.68. The summed E-state index contributed by atoms with van der Waals surface area (Å²) in [6.07, 6.45) is 2.67. The molecule has 0 aliphatic carbocycles. The average Bonchev–Trinajstić information content (AvgIpc) is 2.96. The molecule has 0 saturated carbocycles. The lowest BCUT2D eigenvalue weighted by Gasteiger charge is -2.24. The Morgan fingerprint density at radius 2 is 2.10 bits per heavy atom. The zero-order valence-electron chi connectivity index (χ0n) is 12.6. The molecule has 0 amide bonds.